The molecule has 3 nitrogen and oxygen atoms in total. The number of carbonyl (C=O) groups excluding carboxylic acids is 1. The van der Waals surface area contributed by atoms with Crippen LogP contribution in [0.5, 0.6) is 0 Å². The number of Topliss-reactive ketones (excluding diaryl/α,β-unsaturated/α-hetero) is 1. The van der Waals surface area contributed by atoms with Gasteiger partial charge in [-0.1, -0.05) is 6.92 Å². The van der Waals surface area contributed by atoms with Crippen LogP contribution in [0.1, 0.15) is 33.1 Å². The highest BCUT2D eigenvalue weighted by molar-refractivity contribution is 5.96. The van der Waals surface area contributed by atoms with Gasteiger partial charge in [-0.3, -0.25) is 10.1 Å². The minimum Gasteiger partial charge on any atom is -0.295 e. The summed E-state index contributed by atoms with van der Waals surface area (Å²) in [5, 5.41) is 8.26. The predicted molar refractivity (Wildman–Crippen MR) is 49.3 cm³/mol. The van der Waals surface area contributed by atoms with Gasteiger partial charge in [-0.2, -0.15) is 0 Å². The van der Waals surface area contributed by atoms with Crippen LogP contribution >= 0.6 is 0 Å². The molecule has 0 heterocycles. The smallest absolute Gasteiger partial charge is 0.159 e. The van der Waals surface area contributed by atoms with Gasteiger partial charge in [0.15, 0.2) is 5.78 Å². The summed E-state index contributed by atoms with van der Waals surface area (Å²) in [5.41, 5.74) is 1.71. The Balaban J connectivity index is 2.69. The maximum Gasteiger partial charge on any atom is 0.159 e. The summed E-state index contributed by atoms with van der Waals surface area (Å²) >= 11 is 0. The molecule has 3 heteroatoms. The number of allylic oxidation sites excluding steroid dienone is 1. The molecule has 13 heavy (non-hydrogen) atoms. The lowest BCUT2D eigenvalue weighted by Crippen LogP contribution is -2.17. The minimum absolute atomic E-state index is 0.148. The highest BCUT2D eigenvalue weighted by Crippen LogP contribution is 2.26. The standard InChI is InChI=1S/C10H16O3/c1-7-3-4-9(10(11)5-7)8(2)6-13-12/h7,12H,3-6H2,1-2H3/b9-8-/t7-/m1/s1. The van der Waals surface area contributed by atoms with Gasteiger partial charge >= 0.3 is 0 Å². The SMILES string of the molecule is C/C(COO)=C1\CC[C@@H](C)CC1=O. The van der Waals surface area contributed by atoms with E-state index >= 15 is 0 Å². The van der Waals surface area contributed by atoms with Crippen LogP contribution in [0, 0.1) is 5.92 Å². The number of ketones is 1. The summed E-state index contributed by atoms with van der Waals surface area (Å²) < 4.78 is 0. The molecular weight excluding hydrogens is 168 g/mol. The van der Waals surface area contributed by atoms with E-state index < -0.39 is 0 Å². The Hall–Kier alpha value is -0.670. The van der Waals surface area contributed by atoms with Gasteiger partial charge < -0.3 is 0 Å². The van der Waals surface area contributed by atoms with Crippen molar-refractivity contribution in [2.75, 3.05) is 6.61 Å². The summed E-state index contributed by atoms with van der Waals surface area (Å²) in [6, 6.07) is 0. The third kappa shape index (κ3) is 2.64. The van der Waals surface area contributed by atoms with E-state index in [4.69, 9.17) is 5.26 Å². The van der Waals surface area contributed by atoms with Gasteiger partial charge in [-0.25, -0.2) is 4.89 Å². The van der Waals surface area contributed by atoms with Crippen molar-refractivity contribution in [2.24, 2.45) is 5.92 Å². The topological polar surface area (TPSA) is 46.5 Å². The molecule has 1 aliphatic carbocycles. The van der Waals surface area contributed by atoms with Gasteiger partial charge in [-0.15, -0.1) is 0 Å². The van der Waals surface area contributed by atoms with Crippen LogP contribution in [0.3, 0.4) is 0 Å². The van der Waals surface area contributed by atoms with E-state index in [9.17, 15) is 4.79 Å². The van der Waals surface area contributed by atoms with Crippen LogP contribution < -0.4 is 0 Å². The van der Waals surface area contributed by atoms with Crippen molar-refractivity contribution in [1.82, 2.24) is 0 Å². The average molecular weight is 184 g/mol. The van der Waals surface area contributed by atoms with Crippen LogP contribution in [0.2, 0.25) is 0 Å². The Kier molecular flexibility index (Phi) is 3.63. The second-order valence-corrected chi connectivity index (χ2v) is 3.80. The van der Waals surface area contributed by atoms with Gasteiger partial charge in [0.25, 0.3) is 0 Å². The zero-order chi connectivity index (χ0) is 9.84. The molecule has 0 saturated heterocycles. The van der Waals surface area contributed by atoms with Crippen LogP contribution in [0.25, 0.3) is 0 Å². The molecule has 1 aliphatic rings. The molecule has 74 valence electrons. The van der Waals surface area contributed by atoms with E-state index in [-0.39, 0.29) is 12.4 Å². The van der Waals surface area contributed by atoms with E-state index in [2.05, 4.69) is 11.8 Å². The van der Waals surface area contributed by atoms with Gasteiger partial charge in [0.1, 0.15) is 6.61 Å². The maximum absolute atomic E-state index is 11.5. The summed E-state index contributed by atoms with van der Waals surface area (Å²) in [6.45, 7) is 4.07. The number of rotatable bonds is 2. The molecule has 0 amide bonds. The predicted octanol–water partition coefficient (Wildman–Crippen LogP) is 2.18. The van der Waals surface area contributed by atoms with Crippen LogP contribution in [-0.2, 0) is 9.68 Å². The monoisotopic (exact) mass is 184 g/mol. The molecule has 1 rings (SSSR count). The Bertz CT molecular complexity index is 230. The first-order valence-corrected chi connectivity index (χ1v) is 4.63. The highest BCUT2D eigenvalue weighted by atomic mass is 17.1. The molecule has 0 aromatic rings. The van der Waals surface area contributed by atoms with Crippen molar-refractivity contribution in [3.8, 4) is 0 Å². The van der Waals surface area contributed by atoms with Crippen LogP contribution in [-0.4, -0.2) is 17.6 Å². The van der Waals surface area contributed by atoms with Gasteiger partial charge in [-0.05, 0) is 36.8 Å². The summed E-state index contributed by atoms with van der Waals surface area (Å²) in [6.07, 6.45) is 2.52. The average Bonchev–Trinajstić information content (AvgIpc) is 2.04. The highest BCUT2D eigenvalue weighted by Gasteiger charge is 2.21. The lowest BCUT2D eigenvalue weighted by Gasteiger charge is -2.20. The zero-order valence-corrected chi connectivity index (χ0v) is 8.17. The normalized spacial score (nSPS) is 27.6. The first kappa shape index (κ1) is 10.4. The molecule has 1 fully saturated rings. The summed E-state index contributed by atoms with van der Waals surface area (Å²) in [7, 11) is 0. The third-order valence-electron chi connectivity index (χ3n) is 2.55. The molecule has 1 saturated carbocycles. The zero-order valence-electron chi connectivity index (χ0n) is 8.17. The van der Waals surface area contributed by atoms with E-state index in [1.165, 1.54) is 0 Å². The van der Waals surface area contributed by atoms with Gasteiger partial charge in [0, 0.05) is 6.42 Å². The molecule has 1 N–H and O–H groups in total. The van der Waals surface area contributed by atoms with Crippen LogP contribution in [0.4, 0.5) is 0 Å². The Morgan fingerprint density at radius 1 is 1.69 bits per heavy atom. The van der Waals surface area contributed by atoms with Gasteiger partial charge in [0.2, 0.25) is 0 Å². The third-order valence-corrected chi connectivity index (χ3v) is 2.55. The molecule has 0 aromatic carbocycles. The molecule has 0 aromatic heterocycles. The number of hydrogen-bond acceptors (Lipinski definition) is 3. The van der Waals surface area contributed by atoms with Gasteiger partial charge in [0.05, 0.1) is 0 Å². The Morgan fingerprint density at radius 2 is 2.38 bits per heavy atom. The minimum atomic E-state index is 0.148. The van der Waals surface area contributed by atoms with Crippen molar-refractivity contribution in [3.63, 3.8) is 0 Å². The number of carbonyl (C=O) groups is 1. The lowest BCUT2D eigenvalue weighted by molar-refractivity contribution is -0.234. The van der Waals surface area contributed by atoms with Crippen LogP contribution in [0.15, 0.2) is 11.1 Å². The fourth-order valence-electron chi connectivity index (χ4n) is 1.71. The van der Waals surface area contributed by atoms with E-state index in [1.54, 1.807) is 0 Å². The molecular formula is C10H16O3. The molecule has 0 radical (unpaired) electrons. The summed E-state index contributed by atoms with van der Waals surface area (Å²) in [4.78, 5) is 15.5. The first-order chi connectivity index (χ1) is 6.15. The second kappa shape index (κ2) is 4.53. The van der Waals surface area contributed by atoms with Crippen molar-refractivity contribution in [3.05, 3.63) is 11.1 Å². The fraction of sp³-hybridized carbons (Fsp3) is 0.700. The first-order valence-electron chi connectivity index (χ1n) is 4.63. The summed E-state index contributed by atoms with van der Waals surface area (Å²) in [5.74, 6) is 0.715. The largest absolute Gasteiger partial charge is 0.295 e. The quantitative estimate of drug-likeness (QED) is 0.406. The molecule has 0 bridgehead atoms. The lowest BCUT2D eigenvalue weighted by atomic mass is 9.84. The second-order valence-electron chi connectivity index (χ2n) is 3.80. The molecule has 0 spiro atoms. The van der Waals surface area contributed by atoms with Crippen molar-refractivity contribution >= 4 is 5.78 Å². The van der Waals surface area contributed by atoms with E-state index in [0.29, 0.717) is 12.3 Å². The molecule has 0 unspecified atom stereocenters. The van der Waals surface area contributed by atoms with Crippen molar-refractivity contribution in [1.29, 1.82) is 0 Å². The Morgan fingerprint density at radius 3 is 2.92 bits per heavy atom. The maximum atomic E-state index is 11.5. The van der Waals surface area contributed by atoms with Crippen molar-refractivity contribution < 1.29 is 14.9 Å². The van der Waals surface area contributed by atoms with Crippen molar-refractivity contribution in [2.45, 2.75) is 33.1 Å². The molecule has 1 atom stereocenters. The van der Waals surface area contributed by atoms with E-state index in [1.807, 2.05) is 6.92 Å². The Labute approximate surface area is 78.3 Å². The molecule has 0 aliphatic heterocycles. The van der Waals surface area contributed by atoms with E-state index in [0.717, 1.165) is 24.0 Å². The number of hydrogen-bond donors (Lipinski definition) is 1. The fourth-order valence-corrected chi connectivity index (χ4v) is 1.71.